The van der Waals surface area contributed by atoms with Gasteiger partial charge in [0.25, 0.3) is 0 Å². The Labute approximate surface area is 174 Å². The lowest BCUT2D eigenvalue weighted by molar-refractivity contribution is -0.158. The average Bonchev–Trinajstić information content (AvgIpc) is 2.67. The van der Waals surface area contributed by atoms with E-state index in [0.717, 1.165) is 30.6 Å². The maximum Gasteiger partial charge on any atom is 0.204 e. The highest BCUT2D eigenvalue weighted by Gasteiger charge is 2.23. The van der Waals surface area contributed by atoms with Crippen LogP contribution >= 0.6 is 0 Å². The normalized spacial score (nSPS) is 18.2. The summed E-state index contributed by atoms with van der Waals surface area (Å²) in [4.78, 5) is 0. The van der Waals surface area contributed by atoms with Crippen molar-refractivity contribution in [2.45, 2.75) is 105 Å². The number of benzene rings is 1. The van der Waals surface area contributed by atoms with Gasteiger partial charge < -0.3 is 9.47 Å². The van der Waals surface area contributed by atoms with Crippen molar-refractivity contribution >= 4 is 0 Å². The molecule has 0 aromatic heterocycles. The lowest BCUT2D eigenvalue weighted by Crippen LogP contribution is -2.32. The van der Waals surface area contributed by atoms with Gasteiger partial charge in [-0.25, -0.2) is 0 Å². The van der Waals surface area contributed by atoms with E-state index in [1.807, 2.05) is 13.8 Å². The molecule has 0 bridgehead atoms. The lowest BCUT2D eigenvalue weighted by atomic mass is 9.81. The van der Waals surface area contributed by atoms with Crippen LogP contribution in [0.5, 0.6) is 5.75 Å². The van der Waals surface area contributed by atoms with Crippen molar-refractivity contribution in [2.24, 2.45) is 17.8 Å². The van der Waals surface area contributed by atoms with Gasteiger partial charge >= 0.3 is 0 Å². The van der Waals surface area contributed by atoms with E-state index < -0.39 is 5.79 Å². The van der Waals surface area contributed by atoms with E-state index in [0.29, 0.717) is 11.8 Å². The van der Waals surface area contributed by atoms with Gasteiger partial charge in [-0.2, -0.15) is 0 Å². The molecule has 0 radical (unpaired) electrons. The molecule has 1 aliphatic rings. The second kappa shape index (κ2) is 11.2. The Morgan fingerprint density at radius 1 is 1.00 bits per heavy atom. The van der Waals surface area contributed by atoms with Crippen LogP contribution in [-0.4, -0.2) is 12.4 Å². The Balaban J connectivity index is 1.86. The molecule has 0 spiro atoms. The largest absolute Gasteiger partial charge is 0.463 e. The minimum Gasteiger partial charge on any atom is -0.463 e. The molecule has 0 N–H and O–H groups in total. The zero-order chi connectivity index (χ0) is 20.6. The Morgan fingerprint density at radius 3 is 2.21 bits per heavy atom. The third-order valence-electron chi connectivity index (χ3n) is 6.53. The smallest absolute Gasteiger partial charge is 0.204 e. The molecule has 0 saturated heterocycles. The summed E-state index contributed by atoms with van der Waals surface area (Å²) >= 11 is 0. The summed E-state index contributed by atoms with van der Waals surface area (Å²) in [5, 5.41) is 0. The van der Waals surface area contributed by atoms with Crippen molar-refractivity contribution in [2.75, 3.05) is 6.61 Å². The molecule has 1 aliphatic carbocycles. The second-order valence-corrected chi connectivity index (χ2v) is 9.81. The summed E-state index contributed by atoms with van der Waals surface area (Å²) in [6.45, 7) is 14.2. The first kappa shape index (κ1) is 23.3. The molecule has 2 atom stereocenters. The standard InChI is InChI=1S/C26H44O2/c1-7-21(4)19-25(20(2)3)23-13-15-24(16-14-23)28-26(5,6)27-18-17-22-11-9-8-10-12-22/h13-16,20-22,25H,7-12,17-19H2,1-6H3. The monoisotopic (exact) mass is 388 g/mol. The summed E-state index contributed by atoms with van der Waals surface area (Å²) in [6.07, 6.45) is 10.6. The van der Waals surface area contributed by atoms with Gasteiger partial charge in [0.05, 0.1) is 6.61 Å². The van der Waals surface area contributed by atoms with Crippen LogP contribution in [0.25, 0.3) is 0 Å². The Bertz CT molecular complexity index is 540. The van der Waals surface area contributed by atoms with Crippen LogP contribution in [0, 0.1) is 17.8 Å². The predicted octanol–water partition coefficient (Wildman–Crippen LogP) is 7.96. The molecule has 2 nitrogen and oxygen atoms in total. The molecule has 2 unspecified atom stereocenters. The Kier molecular flexibility index (Phi) is 9.34. The molecule has 2 rings (SSSR count). The fourth-order valence-electron chi connectivity index (χ4n) is 4.44. The summed E-state index contributed by atoms with van der Waals surface area (Å²) in [5.74, 6) is 3.20. The maximum atomic E-state index is 6.17. The van der Waals surface area contributed by atoms with Gasteiger partial charge in [-0.15, -0.1) is 0 Å². The Hall–Kier alpha value is -1.02. The minimum absolute atomic E-state index is 0.579. The fraction of sp³-hybridized carbons (Fsp3) is 0.769. The lowest BCUT2D eigenvalue weighted by Gasteiger charge is -2.29. The molecule has 1 fully saturated rings. The van der Waals surface area contributed by atoms with Crippen molar-refractivity contribution in [1.82, 2.24) is 0 Å². The third-order valence-corrected chi connectivity index (χ3v) is 6.53. The van der Waals surface area contributed by atoms with E-state index >= 15 is 0 Å². The highest BCUT2D eigenvalue weighted by atomic mass is 16.7. The van der Waals surface area contributed by atoms with Gasteiger partial charge in [0.1, 0.15) is 5.75 Å². The van der Waals surface area contributed by atoms with Gasteiger partial charge in [-0.1, -0.05) is 78.4 Å². The molecule has 1 saturated carbocycles. The molecule has 0 aliphatic heterocycles. The summed E-state index contributed by atoms with van der Waals surface area (Å²) < 4.78 is 12.3. The maximum absolute atomic E-state index is 6.17. The minimum atomic E-state index is -0.579. The molecular formula is C26H44O2. The first-order valence-corrected chi connectivity index (χ1v) is 11.7. The average molecular weight is 389 g/mol. The van der Waals surface area contributed by atoms with Gasteiger partial charge in [-0.3, -0.25) is 0 Å². The van der Waals surface area contributed by atoms with Crippen LogP contribution < -0.4 is 4.74 Å². The van der Waals surface area contributed by atoms with Crippen molar-refractivity contribution in [3.8, 4) is 5.75 Å². The van der Waals surface area contributed by atoms with Crippen LogP contribution in [-0.2, 0) is 4.74 Å². The van der Waals surface area contributed by atoms with Crippen LogP contribution in [0.3, 0.4) is 0 Å². The fourth-order valence-corrected chi connectivity index (χ4v) is 4.44. The predicted molar refractivity (Wildman–Crippen MR) is 120 cm³/mol. The van der Waals surface area contributed by atoms with Crippen LogP contribution in [0.2, 0.25) is 0 Å². The van der Waals surface area contributed by atoms with E-state index in [1.54, 1.807) is 0 Å². The van der Waals surface area contributed by atoms with Gasteiger partial charge in [0.15, 0.2) is 0 Å². The van der Waals surface area contributed by atoms with E-state index in [9.17, 15) is 0 Å². The zero-order valence-electron chi connectivity index (χ0n) is 19.3. The van der Waals surface area contributed by atoms with Crippen molar-refractivity contribution in [3.63, 3.8) is 0 Å². The molecule has 28 heavy (non-hydrogen) atoms. The molecule has 1 aromatic rings. The second-order valence-electron chi connectivity index (χ2n) is 9.81. The highest BCUT2D eigenvalue weighted by molar-refractivity contribution is 5.30. The number of hydrogen-bond donors (Lipinski definition) is 0. The van der Waals surface area contributed by atoms with Crippen molar-refractivity contribution in [1.29, 1.82) is 0 Å². The van der Waals surface area contributed by atoms with Crippen molar-refractivity contribution in [3.05, 3.63) is 29.8 Å². The quantitative estimate of drug-likeness (QED) is 0.358. The SMILES string of the molecule is CCC(C)CC(c1ccc(OC(C)(C)OCCC2CCCCC2)cc1)C(C)C. The molecular weight excluding hydrogens is 344 g/mol. The van der Waals surface area contributed by atoms with Crippen LogP contribution in [0.4, 0.5) is 0 Å². The van der Waals surface area contributed by atoms with Crippen molar-refractivity contribution < 1.29 is 9.47 Å². The van der Waals surface area contributed by atoms with E-state index in [2.05, 4.69) is 52.0 Å². The van der Waals surface area contributed by atoms with Gasteiger partial charge in [-0.05, 0) is 54.2 Å². The third kappa shape index (κ3) is 7.78. The van der Waals surface area contributed by atoms with E-state index in [4.69, 9.17) is 9.47 Å². The first-order valence-electron chi connectivity index (χ1n) is 11.7. The first-order chi connectivity index (χ1) is 13.3. The summed E-state index contributed by atoms with van der Waals surface area (Å²) in [6, 6.07) is 8.74. The Morgan fingerprint density at radius 2 is 1.64 bits per heavy atom. The number of hydrogen-bond acceptors (Lipinski definition) is 2. The van der Waals surface area contributed by atoms with Gasteiger partial charge in [0.2, 0.25) is 5.79 Å². The molecule has 2 heteroatoms. The summed E-state index contributed by atoms with van der Waals surface area (Å²) in [7, 11) is 0. The zero-order valence-corrected chi connectivity index (χ0v) is 19.3. The molecule has 160 valence electrons. The highest BCUT2D eigenvalue weighted by Crippen LogP contribution is 2.33. The summed E-state index contributed by atoms with van der Waals surface area (Å²) in [5.41, 5.74) is 1.43. The van der Waals surface area contributed by atoms with E-state index in [1.165, 1.54) is 50.5 Å². The molecule has 1 aromatic carbocycles. The topological polar surface area (TPSA) is 18.5 Å². The van der Waals surface area contributed by atoms with Crippen LogP contribution in [0.1, 0.15) is 104 Å². The van der Waals surface area contributed by atoms with Gasteiger partial charge in [0, 0.05) is 13.8 Å². The molecule has 0 heterocycles. The number of ether oxygens (including phenoxy) is 2. The number of rotatable bonds is 11. The molecule has 0 amide bonds. The van der Waals surface area contributed by atoms with Crippen LogP contribution in [0.15, 0.2) is 24.3 Å². The van der Waals surface area contributed by atoms with E-state index in [-0.39, 0.29) is 0 Å².